The summed E-state index contributed by atoms with van der Waals surface area (Å²) in [6.45, 7) is 0. The highest BCUT2D eigenvalue weighted by Gasteiger charge is 2.19. The molecule has 2 heterocycles. The fraction of sp³-hybridized carbons (Fsp3) is 0. The number of furan rings is 1. The van der Waals surface area contributed by atoms with Gasteiger partial charge in [0, 0.05) is 44.3 Å². The van der Waals surface area contributed by atoms with Crippen LogP contribution in [0.25, 0.3) is 93.9 Å². The van der Waals surface area contributed by atoms with Gasteiger partial charge in [-0.3, -0.25) is 0 Å². The van der Waals surface area contributed by atoms with Gasteiger partial charge in [0.2, 0.25) is 0 Å². The molecule has 3 nitrogen and oxygen atoms in total. The van der Waals surface area contributed by atoms with E-state index in [1.165, 1.54) is 38.5 Å². The average Bonchev–Trinajstić information content (AvgIpc) is 3.90. The minimum Gasteiger partial charge on any atom is -0.456 e. The zero-order valence-electron chi connectivity index (χ0n) is 34.4. The summed E-state index contributed by atoms with van der Waals surface area (Å²) in [7, 11) is 0. The van der Waals surface area contributed by atoms with Crippen LogP contribution in [0.5, 0.6) is 0 Å². The van der Waals surface area contributed by atoms with Crippen molar-refractivity contribution in [2.45, 2.75) is 0 Å². The van der Waals surface area contributed by atoms with E-state index in [1.807, 2.05) is 12.1 Å². The Hall–Kier alpha value is -8.40. The topological polar surface area (TPSA) is 21.3 Å². The van der Waals surface area contributed by atoms with Crippen LogP contribution in [0.15, 0.2) is 247 Å². The summed E-state index contributed by atoms with van der Waals surface area (Å²) in [6.07, 6.45) is 0. The monoisotopic (exact) mass is 804 g/mol. The van der Waals surface area contributed by atoms with Crippen LogP contribution in [-0.4, -0.2) is 4.57 Å². The molecule has 12 rings (SSSR count). The molecule has 0 radical (unpaired) electrons. The maximum absolute atomic E-state index is 6.46. The van der Waals surface area contributed by atoms with Crippen molar-refractivity contribution in [2.75, 3.05) is 4.90 Å². The molecule has 0 bridgehead atoms. The number of fused-ring (bicyclic) bond motifs is 6. The number of benzene rings is 10. The fourth-order valence-electron chi connectivity index (χ4n) is 9.32. The molecule has 0 N–H and O–H groups in total. The van der Waals surface area contributed by atoms with Gasteiger partial charge in [-0.2, -0.15) is 0 Å². The fourth-order valence-corrected chi connectivity index (χ4v) is 9.32. The van der Waals surface area contributed by atoms with Crippen molar-refractivity contribution in [3.8, 4) is 50.2 Å². The summed E-state index contributed by atoms with van der Waals surface area (Å²) in [6, 6.07) is 87.3. The van der Waals surface area contributed by atoms with Gasteiger partial charge in [0.25, 0.3) is 0 Å². The first-order chi connectivity index (χ1) is 31.2. The zero-order valence-corrected chi connectivity index (χ0v) is 34.4. The molecule has 0 saturated heterocycles. The van der Waals surface area contributed by atoms with Gasteiger partial charge in [0.15, 0.2) is 0 Å². The lowest BCUT2D eigenvalue weighted by molar-refractivity contribution is 0.669. The molecular formula is C60H40N2O. The Kier molecular flexibility index (Phi) is 8.83. The Labute approximate surface area is 366 Å². The quantitative estimate of drug-likeness (QED) is 0.153. The molecule has 0 amide bonds. The number of nitrogens with zero attached hydrogens (tertiary/aromatic N) is 2. The van der Waals surface area contributed by atoms with Gasteiger partial charge in [-0.1, -0.05) is 152 Å². The van der Waals surface area contributed by atoms with Crippen LogP contribution < -0.4 is 4.90 Å². The summed E-state index contributed by atoms with van der Waals surface area (Å²) in [5.41, 5.74) is 17.6. The van der Waals surface area contributed by atoms with Gasteiger partial charge in [0.05, 0.1) is 11.0 Å². The Balaban J connectivity index is 1.08. The SMILES string of the molecule is c1ccc(-c2ccc(N(c3cccc(-c4ccccc4)c3)c3cc(-c4ccc5c(c4)oc4ccccc45)cc(-c4ccc5c(c4)c4ccccc4n5-c4ccccc4)c3)cc2)cc1. The second-order valence-corrected chi connectivity index (χ2v) is 16.2. The Morgan fingerprint density at radius 3 is 1.56 bits per heavy atom. The van der Waals surface area contributed by atoms with Crippen molar-refractivity contribution < 1.29 is 4.42 Å². The van der Waals surface area contributed by atoms with Gasteiger partial charge < -0.3 is 13.9 Å². The van der Waals surface area contributed by atoms with E-state index in [-0.39, 0.29) is 0 Å². The molecule has 296 valence electrons. The lowest BCUT2D eigenvalue weighted by Crippen LogP contribution is -2.10. The smallest absolute Gasteiger partial charge is 0.136 e. The van der Waals surface area contributed by atoms with E-state index in [0.717, 1.165) is 72.5 Å². The third kappa shape index (κ3) is 6.55. The second kappa shape index (κ2) is 15.3. The largest absolute Gasteiger partial charge is 0.456 e. The normalized spacial score (nSPS) is 11.5. The number of anilines is 3. The Morgan fingerprint density at radius 2 is 0.794 bits per heavy atom. The standard InChI is InChI=1S/C60H40N2O/c1-4-15-41(16-5-1)43-27-31-50(32-28-43)61(51-22-14-19-44(36-51)42-17-6-2-7-18-42)52-37-47(35-48(38-52)46-29-33-55-54-24-11-13-26-59(54)63-60(55)40-46)45-30-34-58-56(39-45)53-23-10-12-25-57(53)62(58)49-20-8-3-9-21-49/h1-40H. The summed E-state index contributed by atoms with van der Waals surface area (Å²) in [5.74, 6) is 0. The van der Waals surface area contributed by atoms with Crippen LogP contribution in [-0.2, 0) is 0 Å². The number of hydrogen-bond donors (Lipinski definition) is 0. The molecular weight excluding hydrogens is 765 g/mol. The zero-order chi connectivity index (χ0) is 41.7. The minimum atomic E-state index is 0.875. The number of rotatable bonds is 8. The highest BCUT2D eigenvalue weighted by Crippen LogP contribution is 2.43. The molecule has 0 aliphatic carbocycles. The van der Waals surface area contributed by atoms with Crippen molar-refractivity contribution in [3.05, 3.63) is 243 Å². The molecule has 63 heavy (non-hydrogen) atoms. The van der Waals surface area contributed by atoms with Gasteiger partial charge in [-0.05, 0) is 136 Å². The molecule has 3 heteroatoms. The predicted octanol–water partition coefficient (Wildman–Crippen LogP) is 16.8. The Bertz CT molecular complexity index is 3600. The second-order valence-electron chi connectivity index (χ2n) is 16.2. The first-order valence-electron chi connectivity index (χ1n) is 21.5. The van der Waals surface area contributed by atoms with Crippen LogP contribution >= 0.6 is 0 Å². The van der Waals surface area contributed by atoms with E-state index in [4.69, 9.17) is 4.42 Å². The summed E-state index contributed by atoms with van der Waals surface area (Å²) in [5, 5.41) is 4.68. The van der Waals surface area contributed by atoms with E-state index in [1.54, 1.807) is 0 Å². The highest BCUT2D eigenvalue weighted by atomic mass is 16.3. The molecule has 0 saturated carbocycles. The predicted molar refractivity (Wildman–Crippen MR) is 264 cm³/mol. The summed E-state index contributed by atoms with van der Waals surface area (Å²) < 4.78 is 8.84. The molecule has 0 atom stereocenters. The molecule has 0 aliphatic rings. The lowest BCUT2D eigenvalue weighted by atomic mass is 9.95. The van der Waals surface area contributed by atoms with Crippen LogP contribution in [0.4, 0.5) is 17.1 Å². The van der Waals surface area contributed by atoms with Crippen molar-refractivity contribution >= 4 is 60.8 Å². The summed E-state index contributed by atoms with van der Waals surface area (Å²) >= 11 is 0. The van der Waals surface area contributed by atoms with E-state index in [9.17, 15) is 0 Å². The van der Waals surface area contributed by atoms with Crippen LogP contribution in [0.3, 0.4) is 0 Å². The van der Waals surface area contributed by atoms with E-state index >= 15 is 0 Å². The molecule has 0 unspecified atom stereocenters. The lowest BCUT2D eigenvalue weighted by Gasteiger charge is -2.27. The molecule has 0 spiro atoms. The first kappa shape index (κ1) is 36.5. The molecule has 10 aromatic carbocycles. The van der Waals surface area contributed by atoms with Crippen molar-refractivity contribution in [1.29, 1.82) is 0 Å². The van der Waals surface area contributed by atoms with Gasteiger partial charge in [-0.15, -0.1) is 0 Å². The van der Waals surface area contributed by atoms with Crippen molar-refractivity contribution in [3.63, 3.8) is 0 Å². The van der Waals surface area contributed by atoms with E-state index < -0.39 is 0 Å². The van der Waals surface area contributed by atoms with Gasteiger partial charge in [-0.25, -0.2) is 0 Å². The van der Waals surface area contributed by atoms with Crippen molar-refractivity contribution in [2.24, 2.45) is 0 Å². The minimum absolute atomic E-state index is 0.875. The van der Waals surface area contributed by atoms with E-state index in [0.29, 0.717) is 0 Å². The maximum Gasteiger partial charge on any atom is 0.136 e. The average molecular weight is 805 g/mol. The number of aromatic nitrogens is 1. The van der Waals surface area contributed by atoms with Crippen LogP contribution in [0.2, 0.25) is 0 Å². The Morgan fingerprint density at radius 1 is 0.270 bits per heavy atom. The molecule has 12 aromatic rings. The summed E-state index contributed by atoms with van der Waals surface area (Å²) in [4.78, 5) is 2.40. The molecule has 2 aromatic heterocycles. The third-order valence-electron chi connectivity index (χ3n) is 12.4. The van der Waals surface area contributed by atoms with E-state index in [2.05, 4.69) is 240 Å². The maximum atomic E-state index is 6.46. The third-order valence-corrected chi connectivity index (χ3v) is 12.4. The van der Waals surface area contributed by atoms with Crippen molar-refractivity contribution in [1.82, 2.24) is 4.57 Å². The number of para-hydroxylation sites is 3. The van der Waals surface area contributed by atoms with Gasteiger partial charge in [0.1, 0.15) is 11.2 Å². The highest BCUT2D eigenvalue weighted by molar-refractivity contribution is 6.11. The molecule has 0 fully saturated rings. The first-order valence-corrected chi connectivity index (χ1v) is 21.5. The van der Waals surface area contributed by atoms with Crippen LogP contribution in [0, 0.1) is 0 Å². The van der Waals surface area contributed by atoms with Crippen LogP contribution in [0.1, 0.15) is 0 Å². The number of hydrogen-bond acceptors (Lipinski definition) is 2. The van der Waals surface area contributed by atoms with Gasteiger partial charge >= 0.3 is 0 Å². The molecule has 0 aliphatic heterocycles.